The lowest BCUT2D eigenvalue weighted by atomic mass is 9.85. The van der Waals surface area contributed by atoms with Gasteiger partial charge in [0, 0.05) is 0 Å². The normalized spacial score (nSPS) is 25.4. The Morgan fingerprint density at radius 2 is 1.85 bits per heavy atom. The molecule has 0 saturated carbocycles. The minimum absolute atomic E-state index is 0.317. The molecule has 2 atom stereocenters. The van der Waals surface area contributed by atoms with Crippen molar-refractivity contribution >= 4 is 11.9 Å². The SMILES string of the molecule is CC(C)(C)OC(=O)[C@@]1(C)NC(=O)[C@H]1Oc1ccccc1. The van der Waals surface area contributed by atoms with E-state index in [0.717, 1.165) is 0 Å². The molecule has 0 aliphatic carbocycles. The van der Waals surface area contributed by atoms with E-state index in [-0.39, 0.29) is 5.91 Å². The number of rotatable bonds is 3. The van der Waals surface area contributed by atoms with E-state index in [0.29, 0.717) is 5.75 Å². The number of nitrogens with one attached hydrogen (secondary N) is 1. The number of hydrogen-bond acceptors (Lipinski definition) is 4. The van der Waals surface area contributed by atoms with Gasteiger partial charge in [-0.1, -0.05) is 18.2 Å². The number of benzene rings is 1. The lowest BCUT2D eigenvalue weighted by Gasteiger charge is -2.44. The van der Waals surface area contributed by atoms with E-state index in [1.807, 2.05) is 6.07 Å². The van der Waals surface area contributed by atoms with Crippen LogP contribution in [0.4, 0.5) is 0 Å². The van der Waals surface area contributed by atoms with Gasteiger partial charge in [0.05, 0.1) is 0 Å². The second-order valence-corrected chi connectivity index (χ2v) is 6.00. The van der Waals surface area contributed by atoms with Crippen molar-refractivity contribution in [2.45, 2.75) is 44.9 Å². The van der Waals surface area contributed by atoms with Crippen molar-refractivity contribution in [3.63, 3.8) is 0 Å². The molecule has 1 heterocycles. The highest BCUT2D eigenvalue weighted by atomic mass is 16.6. The van der Waals surface area contributed by atoms with Crippen LogP contribution in [0, 0.1) is 0 Å². The van der Waals surface area contributed by atoms with Gasteiger partial charge in [-0.05, 0) is 39.8 Å². The average Bonchev–Trinajstić information content (AvgIpc) is 2.35. The Morgan fingerprint density at radius 1 is 1.25 bits per heavy atom. The molecule has 0 aromatic heterocycles. The summed E-state index contributed by atoms with van der Waals surface area (Å²) in [4.78, 5) is 23.9. The van der Waals surface area contributed by atoms with Crippen LogP contribution in [0.25, 0.3) is 0 Å². The summed E-state index contributed by atoms with van der Waals surface area (Å²) in [6.45, 7) is 6.95. The maximum Gasteiger partial charge on any atom is 0.336 e. The zero-order valence-electron chi connectivity index (χ0n) is 12.1. The second-order valence-electron chi connectivity index (χ2n) is 6.00. The Balaban J connectivity index is 2.12. The quantitative estimate of drug-likeness (QED) is 0.674. The van der Waals surface area contributed by atoms with E-state index in [9.17, 15) is 9.59 Å². The fraction of sp³-hybridized carbons (Fsp3) is 0.467. The van der Waals surface area contributed by atoms with Gasteiger partial charge in [-0.25, -0.2) is 4.79 Å². The summed E-state index contributed by atoms with van der Waals surface area (Å²) in [6.07, 6.45) is -0.875. The molecule has 20 heavy (non-hydrogen) atoms. The molecular weight excluding hydrogens is 258 g/mol. The predicted molar refractivity (Wildman–Crippen MR) is 73.3 cm³/mol. The summed E-state index contributed by atoms with van der Waals surface area (Å²) in [6, 6.07) is 8.93. The number of hydrogen-bond donors (Lipinski definition) is 1. The minimum atomic E-state index is -1.15. The second kappa shape index (κ2) is 4.81. The summed E-state index contributed by atoms with van der Waals surface area (Å²) in [5.41, 5.74) is -1.77. The van der Waals surface area contributed by atoms with Crippen LogP contribution in [-0.4, -0.2) is 29.1 Å². The van der Waals surface area contributed by atoms with Crippen molar-refractivity contribution in [1.29, 1.82) is 0 Å². The van der Waals surface area contributed by atoms with Crippen LogP contribution < -0.4 is 10.1 Å². The van der Waals surface area contributed by atoms with Crippen LogP contribution in [0.1, 0.15) is 27.7 Å². The molecule has 1 aromatic rings. The van der Waals surface area contributed by atoms with Crippen LogP contribution in [0.3, 0.4) is 0 Å². The maximum atomic E-state index is 12.2. The Morgan fingerprint density at radius 3 is 2.35 bits per heavy atom. The van der Waals surface area contributed by atoms with Gasteiger partial charge in [0.25, 0.3) is 5.91 Å². The summed E-state index contributed by atoms with van der Waals surface area (Å²) in [5, 5.41) is 2.57. The highest BCUT2D eigenvalue weighted by Crippen LogP contribution is 2.28. The van der Waals surface area contributed by atoms with Crippen molar-refractivity contribution in [3.05, 3.63) is 30.3 Å². The van der Waals surface area contributed by atoms with Crippen LogP contribution in [0.2, 0.25) is 0 Å². The zero-order chi connectivity index (χ0) is 15.0. The van der Waals surface area contributed by atoms with E-state index in [1.54, 1.807) is 52.0 Å². The third kappa shape index (κ3) is 2.76. The molecular formula is C15H19NO4. The summed E-state index contributed by atoms with van der Waals surface area (Å²) >= 11 is 0. The van der Waals surface area contributed by atoms with E-state index >= 15 is 0 Å². The average molecular weight is 277 g/mol. The number of esters is 1. The smallest absolute Gasteiger partial charge is 0.336 e. The molecule has 0 bridgehead atoms. The van der Waals surface area contributed by atoms with E-state index < -0.39 is 23.2 Å². The van der Waals surface area contributed by atoms with Crippen LogP contribution >= 0.6 is 0 Å². The summed E-state index contributed by atoms with van der Waals surface area (Å²) < 4.78 is 10.9. The largest absolute Gasteiger partial charge is 0.477 e. The lowest BCUT2D eigenvalue weighted by Crippen LogP contribution is -2.77. The van der Waals surface area contributed by atoms with E-state index in [1.165, 1.54) is 0 Å². The molecule has 1 N–H and O–H groups in total. The van der Waals surface area contributed by atoms with Crippen LogP contribution in [0.5, 0.6) is 5.75 Å². The van der Waals surface area contributed by atoms with Crippen molar-refractivity contribution < 1.29 is 19.1 Å². The molecule has 1 aliphatic rings. The number of carbonyl (C=O) groups is 2. The topological polar surface area (TPSA) is 64.6 Å². The molecule has 1 aromatic carbocycles. The number of amides is 1. The van der Waals surface area contributed by atoms with Gasteiger partial charge < -0.3 is 14.8 Å². The number of ether oxygens (including phenoxy) is 2. The van der Waals surface area contributed by atoms with Gasteiger partial charge in [0.1, 0.15) is 11.4 Å². The Hall–Kier alpha value is -2.04. The zero-order valence-corrected chi connectivity index (χ0v) is 12.1. The molecule has 1 fully saturated rings. The first-order valence-corrected chi connectivity index (χ1v) is 6.49. The van der Waals surface area contributed by atoms with E-state index in [2.05, 4.69) is 5.32 Å². The molecule has 0 spiro atoms. The van der Waals surface area contributed by atoms with Gasteiger partial charge >= 0.3 is 5.97 Å². The summed E-state index contributed by atoms with van der Waals surface area (Å²) in [7, 11) is 0. The van der Waals surface area contributed by atoms with Gasteiger partial charge in [-0.2, -0.15) is 0 Å². The Kier molecular flexibility index (Phi) is 3.46. The van der Waals surface area contributed by atoms with Gasteiger partial charge in [-0.15, -0.1) is 0 Å². The van der Waals surface area contributed by atoms with Crippen LogP contribution in [0.15, 0.2) is 30.3 Å². The number of β-lactam (4-membered cyclic amide) rings is 1. The Labute approximate surface area is 118 Å². The fourth-order valence-corrected chi connectivity index (χ4v) is 1.92. The maximum absolute atomic E-state index is 12.2. The third-order valence-electron chi connectivity index (χ3n) is 2.97. The van der Waals surface area contributed by atoms with Gasteiger partial charge in [0.15, 0.2) is 5.54 Å². The molecule has 5 heteroatoms. The monoisotopic (exact) mass is 277 g/mol. The first-order chi connectivity index (χ1) is 9.22. The predicted octanol–water partition coefficient (Wildman–Crippen LogP) is 1.66. The Bertz CT molecular complexity index is 520. The summed E-state index contributed by atoms with van der Waals surface area (Å²) in [5.74, 6) is -0.269. The molecule has 0 unspecified atom stereocenters. The fourth-order valence-electron chi connectivity index (χ4n) is 1.92. The van der Waals surface area contributed by atoms with Crippen LogP contribution in [-0.2, 0) is 14.3 Å². The molecule has 5 nitrogen and oxygen atoms in total. The molecule has 1 saturated heterocycles. The molecule has 2 rings (SSSR count). The molecule has 1 aliphatic heterocycles. The minimum Gasteiger partial charge on any atom is -0.477 e. The third-order valence-corrected chi connectivity index (χ3v) is 2.97. The van der Waals surface area contributed by atoms with Crippen molar-refractivity contribution in [2.75, 3.05) is 0 Å². The first kappa shape index (κ1) is 14.4. The highest BCUT2D eigenvalue weighted by molar-refractivity contribution is 6.02. The molecule has 108 valence electrons. The van der Waals surface area contributed by atoms with Gasteiger partial charge in [-0.3, -0.25) is 4.79 Å². The molecule has 1 amide bonds. The van der Waals surface area contributed by atoms with Crippen molar-refractivity contribution in [3.8, 4) is 5.75 Å². The van der Waals surface area contributed by atoms with E-state index in [4.69, 9.17) is 9.47 Å². The standard InChI is InChI=1S/C15H19NO4/c1-14(2,3)20-13(18)15(4)11(12(17)16-15)19-10-8-6-5-7-9-10/h5-9,11H,1-4H3,(H,16,17)/t11-,15+/m1/s1. The number of para-hydroxylation sites is 1. The number of carbonyl (C=O) groups excluding carboxylic acids is 2. The highest BCUT2D eigenvalue weighted by Gasteiger charge is 2.59. The first-order valence-electron chi connectivity index (χ1n) is 6.49. The van der Waals surface area contributed by atoms with Crippen molar-refractivity contribution in [1.82, 2.24) is 5.32 Å². The van der Waals surface area contributed by atoms with Gasteiger partial charge in [0.2, 0.25) is 6.10 Å². The van der Waals surface area contributed by atoms with Crippen molar-refractivity contribution in [2.24, 2.45) is 0 Å². The molecule has 0 radical (unpaired) electrons. The lowest BCUT2D eigenvalue weighted by molar-refractivity contribution is -0.179.